The molecular formula is C11H23F3O4SSi. The fourth-order valence-corrected chi connectivity index (χ4v) is 2.57. The molecule has 1 atom stereocenters. The minimum Gasteiger partial charge on any atom is -0.416 e. The third-order valence-electron chi connectivity index (χ3n) is 3.33. The van der Waals surface area contributed by atoms with Crippen molar-refractivity contribution in [3.8, 4) is 0 Å². The van der Waals surface area contributed by atoms with E-state index in [0.29, 0.717) is 0 Å². The van der Waals surface area contributed by atoms with Gasteiger partial charge in [-0.3, -0.25) is 4.18 Å². The molecule has 0 rings (SSSR count). The van der Waals surface area contributed by atoms with Gasteiger partial charge in [-0.25, -0.2) is 0 Å². The molecule has 122 valence electrons. The molecule has 0 aromatic rings. The summed E-state index contributed by atoms with van der Waals surface area (Å²) in [6.45, 7) is 11.3. The van der Waals surface area contributed by atoms with Gasteiger partial charge in [0.2, 0.25) is 0 Å². The first-order valence-electron chi connectivity index (χ1n) is 6.20. The third kappa shape index (κ3) is 5.70. The Morgan fingerprint density at radius 3 is 1.90 bits per heavy atom. The van der Waals surface area contributed by atoms with E-state index in [4.69, 9.17) is 4.43 Å². The fraction of sp³-hybridized carbons (Fsp3) is 1.00. The molecule has 0 saturated heterocycles. The molecule has 0 N–H and O–H groups in total. The van der Waals surface area contributed by atoms with E-state index in [1.165, 1.54) is 0 Å². The lowest BCUT2D eigenvalue weighted by atomic mass is 10.2. The topological polar surface area (TPSA) is 52.6 Å². The van der Waals surface area contributed by atoms with Crippen molar-refractivity contribution in [3.05, 3.63) is 0 Å². The van der Waals surface area contributed by atoms with Crippen molar-refractivity contribution in [3.63, 3.8) is 0 Å². The Kier molecular flexibility index (Phi) is 6.29. The molecule has 0 heterocycles. The number of alkyl halides is 3. The summed E-state index contributed by atoms with van der Waals surface area (Å²) in [5.41, 5.74) is -5.38. The highest BCUT2D eigenvalue weighted by atomic mass is 32.2. The second kappa shape index (κ2) is 6.33. The van der Waals surface area contributed by atoms with E-state index in [1.807, 2.05) is 33.9 Å². The van der Waals surface area contributed by atoms with Crippen LogP contribution in [0.3, 0.4) is 0 Å². The van der Waals surface area contributed by atoms with Crippen molar-refractivity contribution in [1.82, 2.24) is 0 Å². The van der Waals surface area contributed by atoms with Gasteiger partial charge in [-0.05, 0) is 18.1 Å². The van der Waals surface area contributed by atoms with E-state index in [-0.39, 0.29) is 11.6 Å². The average Bonchev–Trinajstić information content (AvgIpc) is 2.20. The van der Waals surface area contributed by atoms with Crippen LogP contribution < -0.4 is 0 Å². The highest BCUT2D eigenvalue weighted by Crippen LogP contribution is 2.36. The molecule has 4 nitrogen and oxygen atoms in total. The zero-order valence-electron chi connectivity index (χ0n) is 12.7. The molecule has 0 aliphatic carbocycles. The van der Waals surface area contributed by atoms with Crippen LogP contribution in [-0.4, -0.2) is 35.5 Å². The summed E-state index contributed by atoms with van der Waals surface area (Å²) < 4.78 is 67.5. The zero-order chi connectivity index (χ0) is 16.4. The lowest BCUT2D eigenvalue weighted by Gasteiger charge is -2.36. The second-order valence-corrected chi connectivity index (χ2v) is 12.8. The molecule has 0 aromatic heterocycles. The molecule has 0 unspecified atom stereocenters. The molecule has 0 saturated carbocycles. The number of halogens is 3. The van der Waals surface area contributed by atoms with Gasteiger partial charge in [0.15, 0.2) is 8.32 Å². The third-order valence-corrected chi connectivity index (χ3v) is 8.84. The van der Waals surface area contributed by atoms with Gasteiger partial charge in [0.25, 0.3) is 0 Å². The maximum absolute atomic E-state index is 12.1. The summed E-state index contributed by atoms with van der Waals surface area (Å²) in [7, 11) is -7.53. The Morgan fingerprint density at radius 2 is 1.55 bits per heavy atom. The number of hydrogen-bond acceptors (Lipinski definition) is 4. The lowest BCUT2D eigenvalue weighted by Crippen LogP contribution is -2.42. The van der Waals surface area contributed by atoms with Crippen LogP contribution in [0.1, 0.15) is 27.7 Å². The van der Waals surface area contributed by atoms with Crippen LogP contribution in [0.15, 0.2) is 0 Å². The first-order chi connectivity index (χ1) is 8.60. The lowest BCUT2D eigenvalue weighted by molar-refractivity contribution is -0.0552. The summed E-state index contributed by atoms with van der Waals surface area (Å²) in [5, 5.41) is -0.0222. The van der Waals surface area contributed by atoms with Gasteiger partial charge in [-0.2, -0.15) is 21.6 Å². The molecule has 0 aliphatic rings. The van der Waals surface area contributed by atoms with Gasteiger partial charge >= 0.3 is 15.6 Å². The van der Waals surface area contributed by atoms with Crippen LogP contribution in [0, 0.1) is 5.92 Å². The molecular weight excluding hydrogens is 313 g/mol. The maximum Gasteiger partial charge on any atom is 0.523 e. The predicted molar refractivity (Wildman–Crippen MR) is 73.2 cm³/mol. The fourth-order valence-electron chi connectivity index (χ4n) is 0.888. The Balaban J connectivity index is 4.38. The molecule has 20 heavy (non-hydrogen) atoms. The van der Waals surface area contributed by atoms with Crippen LogP contribution >= 0.6 is 0 Å². The molecule has 0 aromatic carbocycles. The molecule has 0 bridgehead atoms. The smallest absolute Gasteiger partial charge is 0.416 e. The molecule has 0 spiro atoms. The Bertz CT molecular complexity index is 412. The van der Waals surface area contributed by atoms with E-state index in [2.05, 4.69) is 4.18 Å². The Labute approximate surface area is 119 Å². The van der Waals surface area contributed by atoms with E-state index >= 15 is 0 Å². The minimum absolute atomic E-state index is 0.0222. The standard InChI is InChI=1S/C11H23F3O4SSi/c1-9(7-17-19(15,16)11(12,13)14)8-18-20(5,6)10(2,3)4/h9H,7-8H2,1-6H3/t9-/m1/s1. The number of hydrogen-bond donors (Lipinski definition) is 0. The Morgan fingerprint density at radius 1 is 1.10 bits per heavy atom. The van der Waals surface area contributed by atoms with E-state index < -0.39 is 36.5 Å². The summed E-state index contributed by atoms with van der Waals surface area (Å²) >= 11 is 0. The molecule has 0 fully saturated rings. The van der Waals surface area contributed by atoms with Crippen LogP contribution in [0.4, 0.5) is 13.2 Å². The number of rotatable bonds is 6. The van der Waals surface area contributed by atoms with Crippen LogP contribution in [0.25, 0.3) is 0 Å². The maximum atomic E-state index is 12.1. The summed E-state index contributed by atoms with van der Waals surface area (Å²) in [5.74, 6) is -0.443. The van der Waals surface area contributed by atoms with E-state index in [9.17, 15) is 21.6 Å². The van der Waals surface area contributed by atoms with Crippen molar-refractivity contribution in [2.75, 3.05) is 13.2 Å². The molecule has 0 aliphatic heterocycles. The van der Waals surface area contributed by atoms with Gasteiger partial charge < -0.3 is 4.43 Å². The van der Waals surface area contributed by atoms with Gasteiger partial charge in [0.05, 0.1) is 6.61 Å². The first-order valence-corrected chi connectivity index (χ1v) is 10.5. The molecule has 9 heteroatoms. The average molecular weight is 336 g/mol. The minimum atomic E-state index is -5.52. The van der Waals surface area contributed by atoms with Crippen LogP contribution in [-0.2, 0) is 18.7 Å². The van der Waals surface area contributed by atoms with Gasteiger partial charge in [-0.1, -0.05) is 27.7 Å². The van der Waals surface area contributed by atoms with E-state index in [0.717, 1.165) is 0 Å². The summed E-state index contributed by atoms with van der Waals surface area (Å²) in [4.78, 5) is 0. The zero-order valence-corrected chi connectivity index (χ0v) is 14.5. The first kappa shape index (κ1) is 19.9. The SMILES string of the molecule is C[C@@H](CO[Si](C)(C)C(C)(C)C)COS(=O)(=O)C(F)(F)F. The van der Waals surface area contributed by atoms with Crippen LogP contribution in [0.5, 0.6) is 0 Å². The monoisotopic (exact) mass is 336 g/mol. The van der Waals surface area contributed by atoms with Crippen molar-refractivity contribution in [1.29, 1.82) is 0 Å². The van der Waals surface area contributed by atoms with Crippen molar-refractivity contribution in [2.24, 2.45) is 5.92 Å². The highest BCUT2D eigenvalue weighted by molar-refractivity contribution is 7.87. The Hall–Kier alpha value is -0.123. The normalized spacial score (nSPS) is 16.2. The van der Waals surface area contributed by atoms with Crippen molar-refractivity contribution in [2.45, 2.75) is 51.3 Å². The predicted octanol–water partition coefficient (Wildman–Crippen LogP) is 3.51. The largest absolute Gasteiger partial charge is 0.523 e. The van der Waals surface area contributed by atoms with E-state index in [1.54, 1.807) is 6.92 Å². The van der Waals surface area contributed by atoms with Crippen molar-refractivity contribution >= 4 is 18.4 Å². The van der Waals surface area contributed by atoms with Gasteiger partial charge in [-0.15, -0.1) is 0 Å². The van der Waals surface area contributed by atoms with Gasteiger partial charge in [0, 0.05) is 12.5 Å². The molecule has 0 radical (unpaired) electrons. The molecule has 0 amide bonds. The quantitative estimate of drug-likeness (QED) is 0.423. The summed E-state index contributed by atoms with van der Waals surface area (Å²) in [6.07, 6.45) is 0. The van der Waals surface area contributed by atoms with Gasteiger partial charge in [0.1, 0.15) is 0 Å². The second-order valence-electron chi connectivity index (χ2n) is 6.36. The summed E-state index contributed by atoms with van der Waals surface area (Å²) in [6, 6.07) is 0. The van der Waals surface area contributed by atoms with Crippen LogP contribution in [0.2, 0.25) is 18.1 Å². The van der Waals surface area contributed by atoms with Crippen molar-refractivity contribution < 1.29 is 30.2 Å². The highest BCUT2D eigenvalue weighted by Gasteiger charge is 2.47.